The summed E-state index contributed by atoms with van der Waals surface area (Å²) in [6, 6.07) is 16.9. The number of quaternary nitrogens is 1. The maximum Gasteiger partial charge on any atom is 0.433 e. The Bertz CT molecular complexity index is 1980. The number of aromatic nitrogens is 3. The average Bonchev–Trinajstić information content (AvgIpc) is 3.44. The van der Waals surface area contributed by atoms with Crippen molar-refractivity contribution >= 4 is 54.2 Å². The normalized spacial score (nSPS) is 13.6. The van der Waals surface area contributed by atoms with Crippen molar-refractivity contribution in [1.29, 1.82) is 0 Å². The lowest BCUT2D eigenvalue weighted by atomic mass is 10.1. The molecule has 2 aromatic carbocycles. The van der Waals surface area contributed by atoms with E-state index in [9.17, 15) is 28.9 Å². The molecule has 4 rings (SSSR count). The third-order valence-electron chi connectivity index (χ3n) is 8.00. The number of nitrogens with zero attached hydrogens (tertiary/aromatic N) is 6. The number of amides is 2. The van der Waals surface area contributed by atoms with Crippen molar-refractivity contribution < 1.29 is 52.3 Å². The molecule has 0 saturated heterocycles. The number of aliphatic hydroxyl groups is 1. The van der Waals surface area contributed by atoms with E-state index in [-0.39, 0.29) is 32.0 Å². The Morgan fingerprint density at radius 1 is 1.07 bits per heavy atom. The van der Waals surface area contributed by atoms with Crippen LogP contribution in [0.25, 0.3) is 11.0 Å². The first-order valence-electron chi connectivity index (χ1n) is 16.8. The average molecular weight is 769 g/mol. The number of carbonyl (C=O) groups excluding carboxylic acids is 2. The number of carbonyl (C=O) groups is 3. The maximum absolute atomic E-state index is 13.9. The smallest absolute Gasteiger partial charge is 0.433 e. The highest BCUT2D eigenvalue weighted by Gasteiger charge is 2.23. The molecule has 0 radical (unpaired) electrons. The number of aliphatic hydroxyl groups excluding tert-OH is 1. The summed E-state index contributed by atoms with van der Waals surface area (Å²) in [6.45, 7) is -0.682. The molecule has 0 aliphatic carbocycles. The van der Waals surface area contributed by atoms with Crippen LogP contribution in [0, 0.1) is 5.92 Å². The fourth-order valence-corrected chi connectivity index (χ4v) is 5.71. The lowest BCUT2D eigenvalue weighted by Gasteiger charge is -2.28. The van der Waals surface area contributed by atoms with Crippen LogP contribution >= 0.6 is 7.82 Å². The van der Waals surface area contributed by atoms with Crippen LogP contribution in [-0.4, -0.2) is 114 Å². The van der Waals surface area contributed by atoms with Gasteiger partial charge < -0.3 is 49.0 Å². The number of aliphatic imine (C=N–C) groups is 1. The number of ether oxygens (including phenoxy) is 1. The summed E-state index contributed by atoms with van der Waals surface area (Å²) in [6.07, 6.45) is -0.0839. The Morgan fingerprint density at radius 2 is 1.80 bits per heavy atom. The Labute approximate surface area is 312 Å². The molecule has 2 atom stereocenters. The van der Waals surface area contributed by atoms with Crippen LogP contribution in [0.2, 0.25) is 0 Å². The number of esters is 1. The summed E-state index contributed by atoms with van der Waals surface area (Å²) in [4.78, 5) is 63.2. The number of hydrogen-bond donors (Lipinski definition) is 4. The number of phosphoric ester groups is 1. The standard InChI is InChI=1S/C35H45N8O10P/c1-41-29-13-10-26(19-28(29)39-31(41)20-38-27-11-8-25(9-12-27)33(36)40-35(47)48)34(46)42(30-7-5-6-15-37-30)16-14-32(45)51-22-24(21-44)23-53-54(49,50)52-18-17-43(2,3)4/h5-13,15,19,24,44H,14,16-18,20-23H2,1-4H3,(H4-,36,38,40,47,48,49,50). The SMILES string of the molecule is Cn1c(CNc2ccc(/C(N)=N/C(=O)O)cc2)nc2cc(C(=O)N(CCC(=O)OCC(CO)COP(=O)([O-])OCC[N+](C)(C)C)c3ccccn3)ccc21. The van der Waals surface area contributed by atoms with Crippen molar-refractivity contribution in [2.24, 2.45) is 23.7 Å². The number of hydrogen-bond acceptors (Lipinski definition) is 12. The van der Waals surface area contributed by atoms with Crippen LogP contribution in [0.3, 0.4) is 0 Å². The first-order chi connectivity index (χ1) is 25.5. The van der Waals surface area contributed by atoms with E-state index in [1.807, 2.05) is 32.8 Å². The molecule has 54 heavy (non-hydrogen) atoms. The van der Waals surface area contributed by atoms with Gasteiger partial charge in [0.2, 0.25) is 0 Å². The number of likely N-dealkylation sites (N-methyl/N-ethyl adjacent to an activating group) is 1. The van der Waals surface area contributed by atoms with Gasteiger partial charge >= 0.3 is 12.1 Å². The predicted molar refractivity (Wildman–Crippen MR) is 198 cm³/mol. The van der Waals surface area contributed by atoms with Crippen LogP contribution in [0.4, 0.5) is 16.3 Å². The van der Waals surface area contributed by atoms with Gasteiger partial charge in [0.25, 0.3) is 13.7 Å². The van der Waals surface area contributed by atoms with E-state index < -0.39 is 44.9 Å². The van der Waals surface area contributed by atoms with Gasteiger partial charge in [-0.25, -0.2) is 14.8 Å². The van der Waals surface area contributed by atoms with E-state index >= 15 is 0 Å². The van der Waals surface area contributed by atoms with Crippen molar-refractivity contribution in [3.8, 4) is 0 Å². The Morgan fingerprint density at radius 3 is 2.44 bits per heavy atom. The summed E-state index contributed by atoms with van der Waals surface area (Å²) >= 11 is 0. The number of phosphoric acid groups is 1. The highest BCUT2D eigenvalue weighted by Crippen LogP contribution is 2.38. The van der Waals surface area contributed by atoms with Crippen molar-refractivity contribution in [1.82, 2.24) is 14.5 Å². The number of aryl methyl sites for hydroxylation is 1. The summed E-state index contributed by atoms with van der Waals surface area (Å²) < 4.78 is 29.5. The van der Waals surface area contributed by atoms with E-state index in [1.54, 1.807) is 60.7 Å². The third-order valence-corrected chi connectivity index (χ3v) is 8.96. The maximum atomic E-state index is 13.9. The molecule has 0 bridgehead atoms. The molecule has 0 saturated carbocycles. The van der Waals surface area contributed by atoms with E-state index in [0.29, 0.717) is 45.9 Å². The van der Waals surface area contributed by atoms with Gasteiger partial charge in [0, 0.05) is 42.5 Å². The van der Waals surface area contributed by atoms with Gasteiger partial charge in [0.05, 0.1) is 65.0 Å². The number of anilines is 2. The van der Waals surface area contributed by atoms with Crippen LogP contribution in [0.1, 0.15) is 28.2 Å². The zero-order chi connectivity index (χ0) is 39.5. The number of amidine groups is 1. The zero-order valence-electron chi connectivity index (χ0n) is 30.5. The molecule has 0 spiro atoms. The van der Waals surface area contributed by atoms with Crippen LogP contribution in [-0.2, 0) is 36.7 Å². The quantitative estimate of drug-likeness (QED) is 0.0352. The van der Waals surface area contributed by atoms with Gasteiger partial charge in [-0.2, -0.15) is 4.99 Å². The van der Waals surface area contributed by atoms with Gasteiger partial charge in [-0.1, -0.05) is 6.07 Å². The number of nitrogens with two attached hydrogens (primary N) is 1. The van der Waals surface area contributed by atoms with Crippen LogP contribution in [0.15, 0.2) is 71.9 Å². The monoisotopic (exact) mass is 768 g/mol. The number of pyridine rings is 1. The minimum Gasteiger partial charge on any atom is -0.756 e. The van der Waals surface area contributed by atoms with Gasteiger partial charge in [-0.05, 0) is 54.6 Å². The number of fused-ring (bicyclic) bond motifs is 1. The molecule has 19 heteroatoms. The Balaban J connectivity index is 1.37. The van der Waals surface area contributed by atoms with Gasteiger partial charge in [0.1, 0.15) is 30.6 Å². The first-order valence-corrected chi connectivity index (χ1v) is 18.3. The molecular weight excluding hydrogens is 723 g/mol. The molecule has 2 heterocycles. The molecule has 290 valence electrons. The van der Waals surface area contributed by atoms with Crippen molar-refractivity contribution in [3.63, 3.8) is 0 Å². The van der Waals surface area contributed by atoms with E-state index in [1.165, 1.54) is 11.1 Å². The fraction of sp³-hybridized carbons (Fsp3) is 0.371. The number of imidazole rings is 1. The first kappa shape index (κ1) is 41.5. The fourth-order valence-electron chi connectivity index (χ4n) is 4.94. The molecule has 0 fully saturated rings. The second-order valence-electron chi connectivity index (χ2n) is 13.2. The molecule has 4 aromatic rings. The van der Waals surface area contributed by atoms with Gasteiger partial charge in [-0.15, -0.1) is 0 Å². The van der Waals surface area contributed by atoms with Gasteiger partial charge in [0.15, 0.2) is 0 Å². The molecule has 0 aliphatic rings. The molecule has 2 amide bonds. The van der Waals surface area contributed by atoms with Crippen molar-refractivity contribution in [3.05, 3.63) is 83.8 Å². The van der Waals surface area contributed by atoms with Crippen molar-refractivity contribution in [2.45, 2.75) is 13.0 Å². The molecule has 2 unspecified atom stereocenters. The summed E-state index contributed by atoms with van der Waals surface area (Å²) in [5.74, 6) is -1.08. The second kappa shape index (κ2) is 18.7. The number of nitrogens with one attached hydrogen (secondary N) is 1. The molecule has 2 aromatic heterocycles. The van der Waals surface area contributed by atoms with Crippen LogP contribution in [0.5, 0.6) is 0 Å². The lowest BCUT2D eigenvalue weighted by Crippen LogP contribution is -2.37. The lowest BCUT2D eigenvalue weighted by molar-refractivity contribution is -0.870. The number of rotatable bonds is 19. The molecule has 5 N–H and O–H groups in total. The van der Waals surface area contributed by atoms with E-state index in [4.69, 9.17) is 29.6 Å². The minimum absolute atomic E-state index is 0.0766. The molecule has 0 aliphatic heterocycles. The Hall–Kier alpha value is -5.23. The predicted octanol–water partition coefficient (Wildman–Crippen LogP) is 2.36. The minimum atomic E-state index is -4.63. The second-order valence-corrected chi connectivity index (χ2v) is 14.6. The zero-order valence-corrected chi connectivity index (χ0v) is 31.3. The van der Waals surface area contributed by atoms with Crippen molar-refractivity contribution in [2.75, 3.05) is 70.9 Å². The molecule has 18 nitrogen and oxygen atoms in total. The largest absolute Gasteiger partial charge is 0.756 e. The van der Waals surface area contributed by atoms with Crippen LogP contribution < -0.4 is 20.8 Å². The third kappa shape index (κ3) is 12.4. The van der Waals surface area contributed by atoms with Gasteiger partial charge in [-0.3, -0.25) is 19.1 Å². The van der Waals surface area contributed by atoms with E-state index in [2.05, 4.69) is 15.3 Å². The highest BCUT2D eigenvalue weighted by molar-refractivity contribution is 7.45. The Kier molecular flexibility index (Phi) is 14.4. The number of carboxylic acid groups (broad SMARTS) is 1. The topological polar surface area (TPSA) is 244 Å². The van der Waals surface area contributed by atoms with E-state index in [0.717, 1.165) is 11.2 Å². The highest BCUT2D eigenvalue weighted by atomic mass is 31.2. The molecular formula is C35H45N8O10P. The summed E-state index contributed by atoms with van der Waals surface area (Å²) in [5, 5.41) is 21.8. The summed E-state index contributed by atoms with van der Waals surface area (Å²) in [5.41, 5.74) is 8.55. The number of benzene rings is 2. The summed E-state index contributed by atoms with van der Waals surface area (Å²) in [7, 11) is 2.86.